The number of hydrogen-bond donors (Lipinski definition) is 2. The molecule has 0 aliphatic heterocycles. The van der Waals surface area contributed by atoms with Gasteiger partial charge in [-0.15, -0.1) is 0 Å². The Bertz CT molecular complexity index is 598. The third kappa shape index (κ3) is 1.70. The zero-order valence-electron chi connectivity index (χ0n) is 9.11. The molecule has 7 heteroatoms. The van der Waals surface area contributed by atoms with Crippen molar-refractivity contribution in [2.24, 2.45) is 0 Å². The molecule has 2 N–H and O–H groups in total. The average molecular weight is 259 g/mol. The average Bonchev–Trinajstić information content (AvgIpc) is 2.92. The Labute approximate surface area is 99.2 Å². The first-order valence-corrected chi connectivity index (χ1v) is 5.40. The van der Waals surface area contributed by atoms with Crippen LogP contribution in [0.25, 0.3) is 11.0 Å². The molecule has 0 atom stereocenters. The maximum Gasteiger partial charge on any atom is 0.411 e. The molecule has 0 saturated heterocycles. The van der Waals surface area contributed by atoms with E-state index in [0.29, 0.717) is 11.0 Å². The van der Waals surface area contributed by atoms with E-state index in [1.807, 2.05) is 0 Å². The Morgan fingerprint density at radius 2 is 2.00 bits per heavy atom. The molecule has 3 rings (SSSR count). The number of anilines is 1. The molecule has 1 aromatic heterocycles. The number of hydrogen-bond acceptors (Lipinski definition) is 2. The lowest BCUT2D eigenvalue weighted by Crippen LogP contribution is -2.38. The van der Waals surface area contributed by atoms with Crippen LogP contribution < -0.4 is 5.32 Å². The van der Waals surface area contributed by atoms with Crippen molar-refractivity contribution in [2.45, 2.75) is 24.6 Å². The molecule has 1 aliphatic rings. The van der Waals surface area contributed by atoms with Crippen molar-refractivity contribution in [3.63, 3.8) is 0 Å². The highest BCUT2D eigenvalue weighted by Gasteiger charge is 2.63. The Morgan fingerprint density at radius 1 is 1.28 bits per heavy atom. The van der Waals surface area contributed by atoms with E-state index in [0.717, 1.165) is 0 Å². The van der Waals surface area contributed by atoms with E-state index >= 15 is 0 Å². The predicted molar refractivity (Wildman–Crippen MR) is 57.7 cm³/mol. The van der Waals surface area contributed by atoms with Crippen molar-refractivity contribution in [1.29, 1.82) is 0 Å². The number of halogens is 4. The molecule has 2 aromatic rings. The summed E-state index contributed by atoms with van der Waals surface area (Å²) in [6.45, 7) is 0. The molecule has 18 heavy (non-hydrogen) atoms. The highest BCUT2D eigenvalue weighted by Crippen LogP contribution is 2.50. The molecule has 3 nitrogen and oxygen atoms in total. The lowest BCUT2D eigenvalue weighted by molar-refractivity contribution is -0.151. The molecule has 1 aromatic carbocycles. The summed E-state index contributed by atoms with van der Waals surface area (Å²) in [5.74, 6) is -0.444. The number of fused-ring (bicyclic) bond motifs is 1. The van der Waals surface area contributed by atoms with Crippen LogP contribution >= 0.6 is 0 Å². The lowest BCUT2D eigenvalue weighted by Gasteiger charge is -2.19. The van der Waals surface area contributed by atoms with Gasteiger partial charge < -0.3 is 10.3 Å². The van der Waals surface area contributed by atoms with Crippen LogP contribution in [0.4, 0.5) is 23.5 Å². The third-order valence-electron chi connectivity index (χ3n) is 3.09. The molecule has 1 fully saturated rings. The molecular weight excluding hydrogens is 250 g/mol. The number of benzene rings is 1. The summed E-state index contributed by atoms with van der Waals surface area (Å²) in [4.78, 5) is 6.60. The van der Waals surface area contributed by atoms with Gasteiger partial charge in [-0.05, 0) is 31.0 Å². The summed E-state index contributed by atoms with van der Waals surface area (Å²) >= 11 is 0. The first-order valence-electron chi connectivity index (χ1n) is 5.40. The Kier molecular flexibility index (Phi) is 2.11. The van der Waals surface area contributed by atoms with Crippen LogP contribution in [0.1, 0.15) is 12.8 Å². The van der Waals surface area contributed by atoms with E-state index in [4.69, 9.17) is 0 Å². The second-order valence-electron chi connectivity index (χ2n) is 4.45. The van der Waals surface area contributed by atoms with Gasteiger partial charge in [-0.3, -0.25) is 0 Å². The first kappa shape index (κ1) is 11.3. The molecule has 0 unspecified atom stereocenters. The van der Waals surface area contributed by atoms with Gasteiger partial charge in [0.1, 0.15) is 11.4 Å². The normalized spacial score (nSPS) is 18.0. The number of imidazole rings is 1. The second kappa shape index (κ2) is 3.37. The van der Waals surface area contributed by atoms with Crippen LogP contribution in [0.2, 0.25) is 0 Å². The quantitative estimate of drug-likeness (QED) is 0.813. The van der Waals surface area contributed by atoms with Crippen LogP contribution in [-0.2, 0) is 0 Å². The van der Waals surface area contributed by atoms with Crippen LogP contribution in [0.3, 0.4) is 0 Å². The summed E-state index contributed by atoms with van der Waals surface area (Å²) in [6.07, 6.45) is -4.25. The van der Waals surface area contributed by atoms with Gasteiger partial charge in [-0.1, -0.05) is 0 Å². The topological polar surface area (TPSA) is 40.7 Å². The van der Waals surface area contributed by atoms with Crippen LogP contribution in [0, 0.1) is 5.82 Å². The number of nitrogens with zero attached hydrogens (tertiary/aromatic N) is 1. The van der Waals surface area contributed by atoms with E-state index in [9.17, 15) is 17.6 Å². The van der Waals surface area contributed by atoms with Crippen molar-refractivity contribution in [3.05, 3.63) is 24.0 Å². The van der Waals surface area contributed by atoms with Gasteiger partial charge in [-0.2, -0.15) is 13.2 Å². The minimum Gasteiger partial charge on any atom is -0.342 e. The minimum atomic E-state index is -4.31. The van der Waals surface area contributed by atoms with Gasteiger partial charge in [0.05, 0.1) is 11.0 Å². The van der Waals surface area contributed by atoms with Gasteiger partial charge in [0.15, 0.2) is 0 Å². The lowest BCUT2D eigenvalue weighted by atomic mass is 10.3. The van der Waals surface area contributed by atoms with Crippen molar-refractivity contribution >= 4 is 17.0 Å². The zero-order chi connectivity index (χ0) is 13.0. The zero-order valence-corrected chi connectivity index (χ0v) is 9.11. The molecule has 0 amide bonds. The van der Waals surface area contributed by atoms with Crippen LogP contribution in [0.5, 0.6) is 0 Å². The minimum absolute atomic E-state index is 0.0189. The molecule has 0 spiro atoms. The number of alkyl halides is 3. The summed E-state index contributed by atoms with van der Waals surface area (Å²) < 4.78 is 51.1. The molecular formula is C11H9F4N3. The van der Waals surface area contributed by atoms with Crippen molar-refractivity contribution in [3.8, 4) is 0 Å². The Morgan fingerprint density at radius 3 is 2.61 bits per heavy atom. The van der Waals surface area contributed by atoms with Gasteiger partial charge >= 0.3 is 6.18 Å². The molecule has 1 heterocycles. The van der Waals surface area contributed by atoms with E-state index in [1.54, 1.807) is 0 Å². The SMILES string of the molecule is Fc1ccc2nc(NC3(C(F)(F)F)CC3)[nH]c2c1. The summed E-state index contributed by atoms with van der Waals surface area (Å²) in [5, 5.41) is 2.36. The Hall–Kier alpha value is -1.79. The predicted octanol–water partition coefficient (Wildman–Crippen LogP) is 3.21. The maximum atomic E-state index is 12.9. The molecule has 1 saturated carbocycles. The van der Waals surface area contributed by atoms with E-state index in [1.165, 1.54) is 18.2 Å². The van der Waals surface area contributed by atoms with Gasteiger partial charge in [-0.25, -0.2) is 9.37 Å². The van der Waals surface area contributed by atoms with E-state index in [-0.39, 0.29) is 18.8 Å². The summed E-state index contributed by atoms with van der Waals surface area (Å²) in [6, 6.07) is 3.82. The Balaban J connectivity index is 1.92. The number of H-pyrrole nitrogens is 1. The van der Waals surface area contributed by atoms with E-state index in [2.05, 4.69) is 15.3 Å². The molecule has 0 radical (unpaired) electrons. The standard InChI is InChI=1S/C11H9F4N3/c12-6-1-2-7-8(5-6)17-9(16-7)18-10(3-4-10)11(13,14)15/h1-2,5H,3-4H2,(H2,16,17,18). The number of rotatable bonds is 2. The number of aromatic nitrogens is 2. The monoisotopic (exact) mass is 259 g/mol. The van der Waals surface area contributed by atoms with Crippen LogP contribution in [-0.4, -0.2) is 21.7 Å². The highest BCUT2D eigenvalue weighted by molar-refractivity contribution is 5.77. The first-order chi connectivity index (χ1) is 8.40. The summed E-state index contributed by atoms with van der Waals surface area (Å²) in [5.41, 5.74) is -1.08. The van der Waals surface area contributed by atoms with Crippen LogP contribution in [0.15, 0.2) is 18.2 Å². The van der Waals surface area contributed by atoms with Gasteiger partial charge in [0.25, 0.3) is 0 Å². The third-order valence-corrected chi connectivity index (χ3v) is 3.09. The van der Waals surface area contributed by atoms with Crippen molar-refractivity contribution < 1.29 is 17.6 Å². The molecule has 96 valence electrons. The number of nitrogens with one attached hydrogen (secondary N) is 2. The maximum absolute atomic E-state index is 12.9. The summed E-state index contributed by atoms with van der Waals surface area (Å²) in [7, 11) is 0. The van der Waals surface area contributed by atoms with Gasteiger partial charge in [0.2, 0.25) is 5.95 Å². The van der Waals surface area contributed by atoms with E-state index < -0.39 is 17.5 Å². The smallest absolute Gasteiger partial charge is 0.342 e. The van der Waals surface area contributed by atoms with Crippen molar-refractivity contribution in [1.82, 2.24) is 9.97 Å². The number of aromatic amines is 1. The highest BCUT2D eigenvalue weighted by atomic mass is 19.4. The fraction of sp³-hybridized carbons (Fsp3) is 0.364. The molecule has 1 aliphatic carbocycles. The molecule has 0 bridgehead atoms. The second-order valence-corrected chi connectivity index (χ2v) is 4.45. The fourth-order valence-electron chi connectivity index (χ4n) is 1.87. The fourth-order valence-corrected chi connectivity index (χ4v) is 1.87. The largest absolute Gasteiger partial charge is 0.411 e. The van der Waals surface area contributed by atoms with Gasteiger partial charge in [0, 0.05) is 0 Å². The van der Waals surface area contributed by atoms with Crippen molar-refractivity contribution in [2.75, 3.05) is 5.32 Å².